The second-order valence-corrected chi connectivity index (χ2v) is 10.00. The zero-order chi connectivity index (χ0) is 29.1. The predicted octanol–water partition coefficient (Wildman–Crippen LogP) is 4.39. The van der Waals surface area contributed by atoms with E-state index in [4.69, 9.17) is 34.0 Å². The zero-order valence-corrected chi connectivity index (χ0v) is 24.1. The molecule has 6 rings (SSSR count). The van der Waals surface area contributed by atoms with Crippen molar-refractivity contribution >= 4 is 11.6 Å². The van der Waals surface area contributed by atoms with Crippen LogP contribution in [0.3, 0.4) is 0 Å². The van der Waals surface area contributed by atoms with Gasteiger partial charge in [0.25, 0.3) is 0 Å². The molecule has 3 aromatic heterocycles. The van der Waals surface area contributed by atoms with Gasteiger partial charge < -0.3 is 24.3 Å². The van der Waals surface area contributed by atoms with Crippen molar-refractivity contribution in [2.75, 3.05) is 40.3 Å². The maximum Gasteiger partial charge on any atom is 0.226 e. The minimum absolute atomic E-state index is 0.512. The number of ether oxygens (including phenoxy) is 4. The molecule has 1 aliphatic rings. The zero-order valence-electron chi connectivity index (χ0n) is 24.1. The molecular weight excluding hydrogens is 534 g/mol. The number of pyridine rings is 1. The largest absolute Gasteiger partial charge is 0.493 e. The molecule has 5 aromatic rings. The van der Waals surface area contributed by atoms with E-state index in [0.717, 1.165) is 53.3 Å². The van der Waals surface area contributed by atoms with Crippen LogP contribution in [0.4, 0.5) is 5.95 Å². The van der Waals surface area contributed by atoms with Crippen LogP contribution >= 0.6 is 0 Å². The van der Waals surface area contributed by atoms with Gasteiger partial charge in [0.2, 0.25) is 5.95 Å². The quantitative estimate of drug-likeness (QED) is 0.261. The normalized spacial score (nSPS) is 13.0. The number of anilines is 1. The Morgan fingerprint density at radius 1 is 0.857 bits per heavy atom. The highest BCUT2D eigenvalue weighted by atomic mass is 16.5. The summed E-state index contributed by atoms with van der Waals surface area (Å²) >= 11 is 0. The Hall–Kier alpha value is -4.90. The molecule has 11 nitrogen and oxygen atoms in total. The van der Waals surface area contributed by atoms with Gasteiger partial charge in [-0.3, -0.25) is 9.88 Å². The van der Waals surface area contributed by atoms with Crippen LogP contribution in [0.15, 0.2) is 61.1 Å². The molecule has 0 aliphatic carbocycles. The van der Waals surface area contributed by atoms with Crippen molar-refractivity contribution in [3.63, 3.8) is 0 Å². The second-order valence-electron chi connectivity index (χ2n) is 10.00. The third-order valence-electron chi connectivity index (χ3n) is 7.45. The molecule has 0 saturated heterocycles. The first-order valence-corrected chi connectivity index (χ1v) is 13.7. The average molecular weight is 568 g/mol. The van der Waals surface area contributed by atoms with Crippen molar-refractivity contribution in [2.45, 2.75) is 26.1 Å². The van der Waals surface area contributed by atoms with Crippen molar-refractivity contribution in [1.29, 1.82) is 0 Å². The molecule has 0 unspecified atom stereocenters. The Kier molecular flexibility index (Phi) is 7.74. The molecule has 1 N–H and O–H groups in total. The van der Waals surface area contributed by atoms with Crippen LogP contribution in [-0.2, 0) is 26.1 Å². The Morgan fingerprint density at radius 2 is 1.62 bits per heavy atom. The van der Waals surface area contributed by atoms with E-state index < -0.39 is 0 Å². The first-order chi connectivity index (χ1) is 20.6. The Labute approximate surface area is 244 Å². The molecule has 0 saturated carbocycles. The fraction of sp³-hybridized carbons (Fsp3) is 0.290. The number of hydrogen-bond acceptors (Lipinski definition) is 10. The molecule has 42 heavy (non-hydrogen) atoms. The summed E-state index contributed by atoms with van der Waals surface area (Å²) in [4.78, 5) is 16.4. The number of benzene rings is 2. The summed E-state index contributed by atoms with van der Waals surface area (Å²) in [6, 6.07) is 13.8. The smallest absolute Gasteiger partial charge is 0.226 e. The predicted molar refractivity (Wildman–Crippen MR) is 158 cm³/mol. The van der Waals surface area contributed by atoms with Gasteiger partial charge in [0.05, 0.1) is 28.4 Å². The minimum Gasteiger partial charge on any atom is -0.493 e. The first kappa shape index (κ1) is 27.3. The molecule has 4 heterocycles. The Balaban J connectivity index is 1.30. The fourth-order valence-corrected chi connectivity index (χ4v) is 5.26. The number of rotatable bonds is 10. The molecule has 1 aliphatic heterocycles. The lowest BCUT2D eigenvalue weighted by Gasteiger charge is -2.29. The highest BCUT2D eigenvalue weighted by Crippen LogP contribution is 2.34. The van der Waals surface area contributed by atoms with E-state index in [1.54, 1.807) is 45.3 Å². The molecule has 2 aromatic carbocycles. The lowest BCUT2D eigenvalue weighted by atomic mass is 9.98. The van der Waals surface area contributed by atoms with Gasteiger partial charge in [0, 0.05) is 55.9 Å². The second kappa shape index (κ2) is 11.9. The Morgan fingerprint density at radius 3 is 2.36 bits per heavy atom. The van der Waals surface area contributed by atoms with Gasteiger partial charge in [-0.25, -0.2) is 9.97 Å². The summed E-state index contributed by atoms with van der Waals surface area (Å²) in [6.45, 7) is 2.87. The molecule has 0 amide bonds. The van der Waals surface area contributed by atoms with Crippen LogP contribution in [0, 0.1) is 0 Å². The molecule has 0 fully saturated rings. The van der Waals surface area contributed by atoms with E-state index in [1.165, 1.54) is 11.1 Å². The van der Waals surface area contributed by atoms with Crippen LogP contribution in [0.2, 0.25) is 0 Å². The maximum absolute atomic E-state index is 5.55. The lowest BCUT2D eigenvalue weighted by molar-refractivity contribution is 0.244. The van der Waals surface area contributed by atoms with Gasteiger partial charge in [-0.05, 0) is 59.5 Å². The van der Waals surface area contributed by atoms with E-state index in [2.05, 4.69) is 27.3 Å². The number of methoxy groups -OCH3 is 4. The van der Waals surface area contributed by atoms with Gasteiger partial charge >= 0.3 is 0 Å². The number of nitrogens with one attached hydrogen (secondary N) is 1. The van der Waals surface area contributed by atoms with E-state index in [1.807, 2.05) is 36.5 Å². The number of aromatic nitrogens is 5. The number of nitrogens with zero attached hydrogens (tertiary/aromatic N) is 6. The van der Waals surface area contributed by atoms with Crippen LogP contribution in [0.1, 0.15) is 22.3 Å². The van der Waals surface area contributed by atoms with Crippen molar-refractivity contribution in [2.24, 2.45) is 0 Å². The van der Waals surface area contributed by atoms with Gasteiger partial charge in [0.15, 0.2) is 34.5 Å². The summed E-state index contributed by atoms with van der Waals surface area (Å²) in [5, 5.41) is 8.26. The number of hydrogen-bond donors (Lipinski definition) is 1. The van der Waals surface area contributed by atoms with E-state index >= 15 is 0 Å². The van der Waals surface area contributed by atoms with Gasteiger partial charge in [-0.15, -0.1) is 5.10 Å². The molecule has 0 radical (unpaired) electrons. The van der Waals surface area contributed by atoms with Gasteiger partial charge in [-0.1, -0.05) is 6.07 Å². The topological polar surface area (TPSA) is 108 Å². The first-order valence-electron chi connectivity index (χ1n) is 13.7. The minimum atomic E-state index is 0.512. The van der Waals surface area contributed by atoms with Crippen LogP contribution in [0.25, 0.3) is 17.0 Å². The van der Waals surface area contributed by atoms with Gasteiger partial charge in [-0.2, -0.15) is 4.52 Å². The third-order valence-corrected chi connectivity index (χ3v) is 7.45. The molecule has 0 spiro atoms. The van der Waals surface area contributed by atoms with Crippen LogP contribution in [-0.4, -0.2) is 64.4 Å². The Bertz CT molecular complexity index is 1710. The number of fused-ring (bicyclic) bond motifs is 2. The standard InChI is InChI=1S/C31H33N7O4/c1-39-25-8-7-20(12-26(25)40-2)15-33-31-34-17-24(30-35-29(36-38(30)31)22-6-5-10-32-16-22)19-37-11-9-21-13-27(41-3)28(42-4)14-23(21)18-37/h5-8,10,12-14,16-17H,9,11,15,18-19H2,1-4H3,(H,33,34). The van der Waals surface area contributed by atoms with E-state index in [9.17, 15) is 0 Å². The fourth-order valence-electron chi connectivity index (χ4n) is 5.26. The van der Waals surface area contributed by atoms with E-state index in [-0.39, 0.29) is 0 Å². The van der Waals surface area contributed by atoms with Crippen molar-refractivity contribution in [3.8, 4) is 34.4 Å². The highest BCUT2D eigenvalue weighted by molar-refractivity contribution is 5.61. The van der Waals surface area contributed by atoms with Gasteiger partial charge in [0.1, 0.15) is 0 Å². The monoisotopic (exact) mass is 567 g/mol. The molecule has 11 heteroatoms. The molecule has 0 bridgehead atoms. The van der Waals surface area contributed by atoms with Crippen molar-refractivity contribution in [1.82, 2.24) is 29.5 Å². The summed E-state index contributed by atoms with van der Waals surface area (Å²) in [5.41, 5.74) is 6.09. The summed E-state index contributed by atoms with van der Waals surface area (Å²) in [7, 11) is 6.59. The average Bonchev–Trinajstić information content (AvgIpc) is 3.50. The SMILES string of the molecule is COc1ccc(CNc2ncc(CN3CCc4cc(OC)c(OC)cc4C3)c3nc(-c4cccnc4)nn23)cc1OC. The summed E-state index contributed by atoms with van der Waals surface area (Å²) in [6.07, 6.45) is 6.30. The summed E-state index contributed by atoms with van der Waals surface area (Å²) < 4.78 is 23.7. The molecule has 0 atom stereocenters. The summed E-state index contributed by atoms with van der Waals surface area (Å²) in [5.74, 6) is 4.04. The van der Waals surface area contributed by atoms with Crippen molar-refractivity contribution in [3.05, 3.63) is 83.3 Å². The maximum atomic E-state index is 5.55. The molecule has 216 valence electrons. The molecular formula is C31H33N7O4. The van der Waals surface area contributed by atoms with Crippen LogP contribution < -0.4 is 24.3 Å². The third kappa shape index (κ3) is 5.38. The highest BCUT2D eigenvalue weighted by Gasteiger charge is 2.22. The van der Waals surface area contributed by atoms with Crippen LogP contribution in [0.5, 0.6) is 23.0 Å². The van der Waals surface area contributed by atoms with E-state index in [0.29, 0.717) is 36.4 Å². The lowest BCUT2D eigenvalue weighted by Crippen LogP contribution is -2.30. The van der Waals surface area contributed by atoms with Crippen molar-refractivity contribution < 1.29 is 18.9 Å².